The van der Waals surface area contributed by atoms with Gasteiger partial charge in [-0.05, 0) is 76.8 Å². The number of likely N-dealkylation sites (N-methyl/N-ethyl adjacent to an activating group) is 1. The highest BCUT2D eigenvalue weighted by Gasteiger charge is 2.28. The van der Waals surface area contributed by atoms with Gasteiger partial charge in [0, 0.05) is 57.0 Å². The predicted molar refractivity (Wildman–Crippen MR) is 144 cm³/mol. The molecule has 0 bridgehead atoms. The van der Waals surface area contributed by atoms with Gasteiger partial charge in [-0.25, -0.2) is 4.79 Å². The van der Waals surface area contributed by atoms with E-state index in [9.17, 15) is 9.59 Å². The van der Waals surface area contributed by atoms with E-state index in [0.29, 0.717) is 25.2 Å². The molecule has 0 spiro atoms. The quantitative estimate of drug-likeness (QED) is 0.488. The molecule has 4 N–H and O–H groups in total. The monoisotopic (exact) mass is 499 g/mol. The number of anilines is 1. The molecule has 9 nitrogen and oxygen atoms in total. The van der Waals surface area contributed by atoms with Crippen molar-refractivity contribution in [2.45, 2.75) is 50.6 Å². The average molecular weight is 500 g/mol. The maximum Gasteiger partial charge on any atom is 0.317 e. The largest absolute Gasteiger partial charge is 0.399 e. The fraction of sp³-hybridized carbons (Fsp3) is 0.704. The number of nitrogens with zero attached hydrogens (tertiary/aromatic N) is 4. The number of rotatable bonds is 7. The molecular formula is C27H45N7O2. The Labute approximate surface area is 216 Å². The highest BCUT2D eigenvalue weighted by Crippen LogP contribution is 2.18. The Morgan fingerprint density at radius 3 is 2.39 bits per heavy atom. The Morgan fingerprint density at radius 2 is 1.64 bits per heavy atom. The molecule has 0 aliphatic carbocycles. The Balaban J connectivity index is 1.09. The summed E-state index contributed by atoms with van der Waals surface area (Å²) < 4.78 is 0. The van der Waals surface area contributed by atoms with Crippen molar-refractivity contribution in [1.82, 2.24) is 30.2 Å². The van der Waals surface area contributed by atoms with Crippen LogP contribution in [0, 0.1) is 0 Å². The highest BCUT2D eigenvalue weighted by molar-refractivity contribution is 5.84. The fourth-order valence-electron chi connectivity index (χ4n) is 5.75. The number of piperidine rings is 2. The zero-order valence-corrected chi connectivity index (χ0v) is 22.0. The van der Waals surface area contributed by atoms with Gasteiger partial charge in [0.25, 0.3) is 0 Å². The molecule has 200 valence electrons. The van der Waals surface area contributed by atoms with Crippen molar-refractivity contribution in [2.24, 2.45) is 0 Å². The second-order valence-corrected chi connectivity index (χ2v) is 10.6. The molecule has 36 heavy (non-hydrogen) atoms. The van der Waals surface area contributed by atoms with Crippen LogP contribution in [0.1, 0.15) is 37.7 Å². The molecule has 1 aromatic carbocycles. The van der Waals surface area contributed by atoms with Crippen molar-refractivity contribution in [3.63, 3.8) is 0 Å². The Hall–Kier alpha value is -2.36. The lowest BCUT2D eigenvalue weighted by molar-refractivity contribution is -0.131. The smallest absolute Gasteiger partial charge is 0.317 e. The van der Waals surface area contributed by atoms with Gasteiger partial charge in [-0.2, -0.15) is 0 Å². The standard InChI is InChI=1S/C27H45N7O2/c1-31-13-4-14-32(20-19-31)24-10-17-33(18-11-24)26(35)21-30-27(36)34-15-8-23(9-16-34)29-12-7-22-5-2-3-6-25(22)28/h2-3,5-6,23-24,29H,4,7-21,28H2,1H3,(H,30,36). The molecule has 3 amide bonds. The zero-order valence-electron chi connectivity index (χ0n) is 22.0. The van der Waals surface area contributed by atoms with Crippen LogP contribution in [-0.4, -0.2) is 116 Å². The number of nitrogens with two attached hydrogens (primary N) is 1. The summed E-state index contributed by atoms with van der Waals surface area (Å²) in [6.07, 6.45) is 6.03. The summed E-state index contributed by atoms with van der Waals surface area (Å²) in [6, 6.07) is 8.85. The lowest BCUT2D eigenvalue weighted by atomic mass is 10.0. The summed E-state index contributed by atoms with van der Waals surface area (Å²) in [4.78, 5) is 34.2. The van der Waals surface area contributed by atoms with E-state index in [0.717, 1.165) is 77.1 Å². The van der Waals surface area contributed by atoms with Crippen LogP contribution in [0.5, 0.6) is 0 Å². The molecule has 4 rings (SSSR count). The van der Waals surface area contributed by atoms with E-state index < -0.39 is 0 Å². The van der Waals surface area contributed by atoms with Gasteiger partial charge in [-0.1, -0.05) is 18.2 Å². The fourth-order valence-corrected chi connectivity index (χ4v) is 5.75. The molecule has 3 saturated heterocycles. The van der Waals surface area contributed by atoms with Crippen LogP contribution in [0.2, 0.25) is 0 Å². The van der Waals surface area contributed by atoms with Crippen molar-refractivity contribution in [1.29, 1.82) is 0 Å². The van der Waals surface area contributed by atoms with E-state index in [1.165, 1.54) is 18.5 Å². The van der Waals surface area contributed by atoms with Gasteiger partial charge in [0.15, 0.2) is 0 Å². The molecular weight excluding hydrogens is 454 g/mol. The number of nitrogen functional groups attached to an aromatic ring is 1. The normalized spacial score (nSPS) is 21.4. The minimum atomic E-state index is -0.123. The van der Waals surface area contributed by atoms with E-state index in [1.54, 1.807) is 0 Å². The Kier molecular flexibility index (Phi) is 9.83. The second-order valence-electron chi connectivity index (χ2n) is 10.6. The zero-order chi connectivity index (χ0) is 25.3. The van der Waals surface area contributed by atoms with Gasteiger partial charge < -0.3 is 31.1 Å². The Morgan fingerprint density at radius 1 is 0.917 bits per heavy atom. The topological polar surface area (TPSA) is 97.2 Å². The Bertz CT molecular complexity index is 850. The van der Waals surface area contributed by atoms with Gasteiger partial charge in [0.2, 0.25) is 5.91 Å². The number of nitrogens with one attached hydrogen (secondary N) is 2. The van der Waals surface area contributed by atoms with Crippen LogP contribution < -0.4 is 16.4 Å². The molecule has 9 heteroatoms. The van der Waals surface area contributed by atoms with Crippen LogP contribution in [0.15, 0.2) is 24.3 Å². The first kappa shape index (κ1) is 26.7. The van der Waals surface area contributed by atoms with Crippen LogP contribution in [0.25, 0.3) is 0 Å². The van der Waals surface area contributed by atoms with Gasteiger partial charge in [0.1, 0.15) is 0 Å². The number of hydrogen-bond donors (Lipinski definition) is 3. The third kappa shape index (κ3) is 7.57. The van der Waals surface area contributed by atoms with Crippen molar-refractivity contribution >= 4 is 17.6 Å². The average Bonchev–Trinajstić information content (AvgIpc) is 3.13. The first-order valence-corrected chi connectivity index (χ1v) is 13.8. The van der Waals surface area contributed by atoms with Crippen molar-refractivity contribution < 1.29 is 9.59 Å². The SMILES string of the molecule is CN1CCCN(C2CCN(C(=O)CNC(=O)N3CCC(NCCc4ccccc4N)CC3)CC2)CC1. The number of benzene rings is 1. The number of hydrogen-bond acceptors (Lipinski definition) is 6. The minimum Gasteiger partial charge on any atom is -0.399 e. The van der Waals surface area contributed by atoms with Crippen LogP contribution in [0.3, 0.4) is 0 Å². The number of para-hydroxylation sites is 1. The predicted octanol–water partition coefficient (Wildman–Crippen LogP) is 1.20. The van der Waals surface area contributed by atoms with Gasteiger partial charge in [0.05, 0.1) is 6.54 Å². The molecule has 0 unspecified atom stereocenters. The summed E-state index contributed by atoms with van der Waals surface area (Å²) in [6.45, 7) is 8.55. The molecule has 3 heterocycles. The minimum absolute atomic E-state index is 0.0362. The molecule has 0 atom stereocenters. The van der Waals surface area contributed by atoms with E-state index in [1.807, 2.05) is 28.0 Å². The molecule has 3 aliphatic heterocycles. The summed E-state index contributed by atoms with van der Waals surface area (Å²) in [5.41, 5.74) is 8.04. The van der Waals surface area contributed by atoms with E-state index in [2.05, 4.69) is 33.5 Å². The van der Waals surface area contributed by atoms with Crippen molar-refractivity contribution in [3.05, 3.63) is 29.8 Å². The summed E-state index contributed by atoms with van der Waals surface area (Å²) in [5.74, 6) is 0.0362. The van der Waals surface area contributed by atoms with Crippen LogP contribution >= 0.6 is 0 Å². The van der Waals surface area contributed by atoms with Crippen LogP contribution in [-0.2, 0) is 11.2 Å². The van der Waals surface area contributed by atoms with E-state index in [-0.39, 0.29) is 18.5 Å². The first-order valence-electron chi connectivity index (χ1n) is 13.8. The number of carbonyl (C=O) groups excluding carboxylic acids is 2. The molecule has 0 aromatic heterocycles. The third-order valence-electron chi connectivity index (χ3n) is 8.14. The second kappa shape index (κ2) is 13.3. The van der Waals surface area contributed by atoms with Gasteiger partial charge in [-0.3, -0.25) is 9.69 Å². The summed E-state index contributed by atoms with van der Waals surface area (Å²) >= 11 is 0. The number of carbonyl (C=O) groups is 2. The van der Waals surface area contributed by atoms with Gasteiger partial charge >= 0.3 is 6.03 Å². The summed E-state index contributed by atoms with van der Waals surface area (Å²) in [5, 5.41) is 6.47. The molecule has 1 aromatic rings. The van der Waals surface area contributed by atoms with E-state index in [4.69, 9.17) is 5.73 Å². The number of likely N-dealkylation sites (tertiary alicyclic amines) is 2. The molecule has 3 aliphatic rings. The van der Waals surface area contributed by atoms with Crippen molar-refractivity contribution in [2.75, 3.05) is 78.2 Å². The summed E-state index contributed by atoms with van der Waals surface area (Å²) in [7, 11) is 2.20. The number of amides is 3. The third-order valence-corrected chi connectivity index (χ3v) is 8.14. The highest BCUT2D eigenvalue weighted by atomic mass is 16.2. The molecule has 3 fully saturated rings. The maximum absolute atomic E-state index is 12.7. The molecule has 0 saturated carbocycles. The maximum atomic E-state index is 12.7. The lowest BCUT2D eigenvalue weighted by Gasteiger charge is -2.38. The number of urea groups is 1. The molecule has 0 radical (unpaired) electrons. The van der Waals surface area contributed by atoms with E-state index >= 15 is 0 Å². The first-order chi connectivity index (χ1) is 17.5. The van der Waals surface area contributed by atoms with Crippen molar-refractivity contribution in [3.8, 4) is 0 Å². The van der Waals surface area contributed by atoms with Gasteiger partial charge in [-0.15, -0.1) is 0 Å². The lowest BCUT2D eigenvalue weighted by Crippen LogP contribution is -2.52. The van der Waals surface area contributed by atoms with Crippen LogP contribution in [0.4, 0.5) is 10.5 Å².